The minimum Gasteiger partial charge on any atom is -0.375 e. The Kier molecular flexibility index (Phi) is 8.43. The number of benzene rings is 1. The van der Waals surface area contributed by atoms with E-state index in [0.717, 1.165) is 18.5 Å². The van der Waals surface area contributed by atoms with Gasteiger partial charge in [-0.1, -0.05) is 38.3 Å². The molecule has 1 aromatic rings. The zero-order valence-electron chi connectivity index (χ0n) is 12.9. The van der Waals surface area contributed by atoms with E-state index in [1.54, 1.807) is 19.2 Å². The van der Waals surface area contributed by atoms with Crippen molar-refractivity contribution in [3.63, 3.8) is 0 Å². The van der Waals surface area contributed by atoms with Crippen molar-refractivity contribution in [2.45, 2.75) is 38.7 Å². The third-order valence-corrected chi connectivity index (χ3v) is 3.29. The number of halogens is 1. The molecule has 0 aliphatic rings. The van der Waals surface area contributed by atoms with Gasteiger partial charge in [-0.05, 0) is 24.1 Å². The Balaban J connectivity index is 2.38. The van der Waals surface area contributed by atoms with E-state index in [1.165, 1.54) is 31.4 Å². The van der Waals surface area contributed by atoms with Crippen LogP contribution in [0.15, 0.2) is 29.3 Å². The average molecular weight is 295 g/mol. The Morgan fingerprint density at radius 1 is 1.29 bits per heavy atom. The number of guanidine groups is 1. The van der Waals surface area contributed by atoms with Crippen molar-refractivity contribution < 1.29 is 9.13 Å². The normalized spacial score (nSPS) is 13.2. The fourth-order valence-corrected chi connectivity index (χ4v) is 2.00. The van der Waals surface area contributed by atoms with Crippen LogP contribution in [0.25, 0.3) is 0 Å². The summed E-state index contributed by atoms with van der Waals surface area (Å²) in [5.41, 5.74) is 6.70. The van der Waals surface area contributed by atoms with Crippen LogP contribution in [0.4, 0.5) is 4.39 Å². The second kappa shape index (κ2) is 10.2. The molecule has 1 rings (SSSR count). The number of rotatable bonds is 9. The van der Waals surface area contributed by atoms with E-state index >= 15 is 0 Å². The Hall–Kier alpha value is -1.62. The highest BCUT2D eigenvalue weighted by atomic mass is 19.1. The first-order chi connectivity index (χ1) is 10.2. The highest BCUT2D eigenvalue weighted by molar-refractivity contribution is 5.77. The monoisotopic (exact) mass is 295 g/mol. The molecule has 0 radical (unpaired) electrons. The van der Waals surface area contributed by atoms with Gasteiger partial charge >= 0.3 is 0 Å². The molecule has 1 atom stereocenters. The van der Waals surface area contributed by atoms with E-state index in [2.05, 4.69) is 17.2 Å². The van der Waals surface area contributed by atoms with Crippen LogP contribution >= 0.6 is 0 Å². The lowest BCUT2D eigenvalue weighted by atomic mass is 10.1. The summed E-state index contributed by atoms with van der Waals surface area (Å²) in [6.45, 7) is 3.43. The molecule has 0 heterocycles. The van der Waals surface area contributed by atoms with Gasteiger partial charge in [-0.15, -0.1) is 0 Å². The van der Waals surface area contributed by atoms with Gasteiger partial charge in [0.1, 0.15) is 11.9 Å². The van der Waals surface area contributed by atoms with Gasteiger partial charge in [0.2, 0.25) is 0 Å². The summed E-state index contributed by atoms with van der Waals surface area (Å²) in [4.78, 5) is 4.28. The number of nitrogens with one attached hydrogen (secondary N) is 1. The summed E-state index contributed by atoms with van der Waals surface area (Å²) in [6.07, 6.45) is 4.54. The highest BCUT2D eigenvalue weighted by Crippen LogP contribution is 2.17. The molecular formula is C16H26FN3O. The van der Waals surface area contributed by atoms with E-state index < -0.39 is 0 Å². The number of methoxy groups -OCH3 is 1. The molecule has 0 aliphatic heterocycles. The molecule has 0 saturated carbocycles. The van der Waals surface area contributed by atoms with Crippen molar-refractivity contribution in [2.75, 3.05) is 20.2 Å². The van der Waals surface area contributed by atoms with E-state index in [1.807, 2.05) is 0 Å². The molecule has 0 aliphatic carbocycles. The zero-order chi connectivity index (χ0) is 15.5. The van der Waals surface area contributed by atoms with Crippen molar-refractivity contribution in [3.8, 4) is 0 Å². The number of nitrogens with zero attached hydrogens (tertiary/aromatic N) is 1. The molecule has 1 aromatic carbocycles. The van der Waals surface area contributed by atoms with E-state index in [4.69, 9.17) is 10.5 Å². The summed E-state index contributed by atoms with van der Waals surface area (Å²) in [5.74, 6) is 0.168. The van der Waals surface area contributed by atoms with Gasteiger partial charge < -0.3 is 15.8 Å². The van der Waals surface area contributed by atoms with Crippen LogP contribution in [0.3, 0.4) is 0 Å². The van der Waals surface area contributed by atoms with Crippen LogP contribution < -0.4 is 11.1 Å². The molecule has 0 fully saturated rings. The number of hydrogen-bond acceptors (Lipinski definition) is 2. The second-order valence-corrected chi connectivity index (χ2v) is 4.99. The molecule has 1 unspecified atom stereocenters. The summed E-state index contributed by atoms with van der Waals surface area (Å²) in [6, 6.07) is 6.24. The van der Waals surface area contributed by atoms with E-state index in [-0.39, 0.29) is 11.9 Å². The lowest BCUT2D eigenvalue weighted by molar-refractivity contribution is 0.111. The van der Waals surface area contributed by atoms with Crippen LogP contribution in [0, 0.1) is 5.82 Å². The lowest BCUT2D eigenvalue weighted by Crippen LogP contribution is -2.33. The van der Waals surface area contributed by atoms with Crippen LogP contribution in [-0.2, 0) is 4.74 Å². The fourth-order valence-electron chi connectivity index (χ4n) is 2.00. The Labute approximate surface area is 126 Å². The third-order valence-electron chi connectivity index (χ3n) is 3.29. The summed E-state index contributed by atoms with van der Waals surface area (Å²) in [5, 5.41) is 3.09. The third kappa shape index (κ3) is 7.09. The Morgan fingerprint density at radius 2 is 2.00 bits per heavy atom. The Bertz CT molecular complexity index is 420. The van der Waals surface area contributed by atoms with E-state index in [0.29, 0.717) is 12.5 Å². The van der Waals surface area contributed by atoms with Gasteiger partial charge in [-0.25, -0.2) is 4.39 Å². The van der Waals surface area contributed by atoms with E-state index in [9.17, 15) is 4.39 Å². The van der Waals surface area contributed by atoms with Gasteiger partial charge in [0.25, 0.3) is 0 Å². The standard InChI is InChI=1S/C16H26FN3O/c1-3-4-5-6-11-19-16(18)20-12-15(21-2)13-7-9-14(17)10-8-13/h7-10,15H,3-6,11-12H2,1-2H3,(H3,18,19,20). The maximum atomic E-state index is 12.9. The van der Waals surface area contributed by atoms with Crippen molar-refractivity contribution in [1.29, 1.82) is 0 Å². The summed E-state index contributed by atoms with van der Waals surface area (Å²) >= 11 is 0. The molecule has 118 valence electrons. The Morgan fingerprint density at radius 3 is 2.62 bits per heavy atom. The molecule has 5 heteroatoms. The van der Waals surface area contributed by atoms with Crippen molar-refractivity contribution in [3.05, 3.63) is 35.6 Å². The van der Waals surface area contributed by atoms with Crippen LogP contribution in [0.1, 0.15) is 44.3 Å². The smallest absolute Gasteiger partial charge is 0.188 e. The largest absolute Gasteiger partial charge is 0.375 e. The maximum absolute atomic E-state index is 12.9. The first-order valence-electron chi connectivity index (χ1n) is 7.49. The molecule has 0 saturated heterocycles. The minimum atomic E-state index is -0.259. The molecule has 3 N–H and O–H groups in total. The predicted octanol–water partition coefficient (Wildman–Crippen LogP) is 3.00. The maximum Gasteiger partial charge on any atom is 0.188 e. The number of unbranched alkanes of at least 4 members (excludes halogenated alkanes) is 3. The van der Waals surface area contributed by atoms with Crippen LogP contribution in [-0.4, -0.2) is 26.2 Å². The fraction of sp³-hybridized carbons (Fsp3) is 0.562. The molecule has 0 aromatic heterocycles. The van der Waals surface area contributed by atoms with Crippen LogP contribution in [0.5, 0.6) is 0 Å². The van der Waals surface area contributed by atoms with Gasteiger partial charge in [0.05, 0.1) is 6.54 Å². The minimum absolute atomic E-state index is 0.217. The first-order valence-corrected chi connectivity index (χ1v) is 7.49. The number of hydrogen-bond donors (Lipinski definition) is 2. The number of aliphatic imine (C=N–C) groups is 1. The van der Waals surface area contributed by atoms with Crippen molar-refractivity contribution >= 4 is 5.96 Å². The summed E-state index contributed by atoms with van der Waals surface area (Å²) in [7, 11) is 1.61. The molecule has 21 heavy (non-hydrogen) atoms. The molecule has 4 nitrogen and oxygen atoms in total. The predicted molar refractivity (Wildman–Crippen MR) is 84.8 cm³/mol. The van der Waals surface area contributed by atoms with Gasteiger partial charge in [0.15, 0.2) is 5.96 Å². The second-order valence-electron chi connectivity index (χ2n) is 4.99. The number of nitrogens with two attached hydrogens (primary N) is 1. The number of ether oxygens (including phenoxy) is 1. The van der Waals surface area contributed by atoms with Gasteiger partial charge in [-0.3, -0.25) is 4.99 Å². The van der Waals surface area contributed by atoms with Gasteiger partial charge in [0, 0.05) is 13.7 Å². The topological polar surface area (TPSA) is 59.6 Å². The molecule has 0 spiro atoms. The molecule has 0 amide bonds. The SMILES string of the molecule is CCCCCCNC(N)=NCC(OC)c1ccc(F)cc1. The first kappa shape index (κ1) is 17.4. The van der Waals surface area contributed by atoms with Crippen LogP contribution in [0.2, 0.25) is 0 Å². The molecular weight excluding hydrogens is 269 g/mol. The average Bonchev–Trinajstić information content (AvgIpc) is 2.49. The highest BCUT2D eigenvalue weighted by Gasteiger charge is 2.09. The summed E-state index contributed by atoms with van der Waals surface area (Å²) < 4.78 is 18.3. The van der Waals surface area contributed by atoms with Crippen molar-refractivity contribution in [2.24, 2.45) is 10.7 Å². The molecule has 0 bridgehead atoms. The van der Waals surface area contributed by atoms with Crippen molar-refractivity contribution in [1.82, 2.24) is 5.32 Å². The lowest BCUT2D eigenvalue weighted by Gasteiger charge is -2.14. The van der Waals surface area contributed by atoms with Gasteiger partial charge in [-0.2, -0.15) is 0 Å². The quantitative estimate of drug-likeness (QED) is 0.418. The zero-order valence-corrected chi connectivity index (χ0v) is 12.9.